The highest BCUT2D eigenvalue weighted by Crippen LogP contribution is 2.62. The summed E-state index contributed by atoms with van der Waals surface area (Å²) in [6.45, 7) is 1.64. The van der Waals surface area contributed by atoms with Crippen molar-refractivity contribution >= 4 is 0 Å². The molecule has 104 valence electrons. The Bertz CT molecular complexity index is 485. The van der Waals surface area contributed by atoms with Crippen LogP contribution < -0.4 is 0 Å². The lowest BCUT2D eigenvalue weighted by atomic mass is 9.94. The molecule has 4 heteroatoms. The number of alkyl halides is 3. The zero-order chi connectivity index (χ0) is 13.8. The van der Waals surface area contributed by atoms with E-state index in [4.69, 9.17) is 0 Å². The molecule has 0 bridgehead atoms. The minimum Gasteiger partial charge on any atom is -0.388 e. The summed E-state index contributed by atoms with van der Waals surface area (Å²) in [5, 5.41) is 10.4. The number of hydrogen-bond acceptors (Lipinski definition) is 1. The minimum absolute atomic E-state index is 0.268. The largest absolute Gasteiger partial charge is 0.416 e. The Hall–Kier alpha value is -1.03. The highest BCUT2D eigenvalue weighted by Gasteiger charge is 2.56. The molecule has 2 aliphatic rings. The second-order valence-electron chi connectivity index (χ2n) is 5.85. The van der Waals surface area contributed by atoms with E-state index in [0.29, 0.717) is 23.0 Å². The summed E-state index contributed by atoms with van der Waals surface area (Å²) >= 11 is 0. The third-order valence-corrected chi connectivity index (χ3v) is 4.75. The summed E-state index contributed by atoms with van der Waals surface area (Å²) in [5.41, 5.74) is 0.552. The topological polar surface area (TPSA) is 20.2 Å². The zero-order valence-electron chi connectivity index (χ0n) is 10.7. The van der Waals surface area contributed by atoms with E-state index in [1.807, 2.05) is 0 Å². The lowest BCUT2D eigenvalue weighted by Gasteiger charge is -2.17. The van der Waals surface area contributed by atoms with Gasteiger partial charge in [0, 0.05) is 0 Å². The molecule has 0 amide bonds. The Labute approximate surface area is 110 Å². The van der Waals surface area contributed by atoms with Gasteiger partial charge in [-0.3, -0.25) is 0 Å². The monoisotopic (exact) mass is 270 g/mol. The van der Waals surface area contributed by atoms with Crippen LogP contribution in [0.5, 0.6) is 0 Å². The zero-order valence-corrected chi connectivity index (χ0v) is 10.7. The highest BCUT2D eigenvalue weighted by atomic mass is 19.4. The molecule has 19 heavy (non-hydrogen) atoms. The van der Waals surface area contributed by atoms with Gasteiger partial charge in [-0.05, 0) is 60.8 Å². The van der Waals surface area contributed by atoms with Crippen molar-refractivity contribution in [2.75, 3.05) is 0 Å². The third kappa shape index (κ3) is 2.16. The van der Waals surface area contributed by atoms with Gasteiger partial charge in [-0.2, -0.15) is 13.2 Å². The fourth-order valence-corrected chi connectivity index (χ4v) is 3.74. The van der Waals surface area contributed by atoms with Crippen LogP contribution in [0.3, 0.4) is 0 Å². The number of fused-ring (bicyclic) bond motifs is 1. The first-order valence-electron chi connectivity index (χ1n) is 6.75. The number of aryl methyl sites for hydroxylation is 1. The fraction of sp³-hybridized carbons (Fsp3) is 0.600. The van der Waals surface area contributed by atoms with Crippen molar-refractivity contribution in [2.45, 2.75) is 38.5 Å². The predicted octanol–water partition coefficient (Wildman–Crippen LogP) is 4.09. The smallest absolute Gasteiger partial charge is 0.388 e. The Morgan fingerprint density at radius 3 is 2.37 bits per heavy atom. The lowest BCUT2D eigenvalue weighted by molar-refractivity contribution is -0.137. The summed E-state index contributed by atoms with van der Waals surface area (Å²) < 4.78 is 37.8. The first-order valence-corrected chi connectivity index (χ1v) is 6.75. The molecule has 0 heterocycles. The number of hydrogen-bond donors (Lipinski definition) is 1. The molecule has 0 aliphatic heterocycles. The number of halogens is 3. The SMILES string of the molecule is Cc1cc(C(F)(F)F)ccc1C(O)C1C2CCCC21. The Balaban J connectivity index is 1.82. The molecule has 0 spiro atoms. The maximum Gasteiger partial charge on any atom is 0.416 e. The van der Waals surface area contributed by atoms with E-state index in [9.17, 15) is 18.3 Å². The lowest BCUT2D eigenvalue weighted by Crippen LogP contribution is -2.09. The number of aliphatic hydroxyl groups excluding tert-OH is 1. The molecular weight excluding hydrogens is 253 g/mol. The fourth-order valence-electron chi connectivity index (χ4n) is 3.74. The summed E-state index contributed by atoms with van der Waals surface area (Å²) in [4.78, 5) is 0. The molecule has 3 unspecified atom stereocenters. The molecule has 0 saturated heterocycles. The molecule has 1 N–H and O–H groups in total. The number of aliphatic hydroxyl groups is 1. The van der Waals surface area contributed by atoms with Crippen molar-refractivity contribution in [3.05, 3.63) is 34.9 Å². The van der Waals surface area contributed by atoms with Crippen molar-refractivity contribution in [2.24, 2.45) is 17.8 Å². The van der Waals surface area contributed by atoms with Gasteiger partial charge in [0.15, 0.2) is 0 Å². The molecule has 0 radical (unpaired) electrons. The second kappa shape index (κ2) is 4.23. The predicted molar refractivity (Wildman–Crippen MR) is 65.5 cm³/mol. The van der Waals surface area contributed by atoms with Gasteiger partial charge >= 0.3 is 6.18 Å². The molecule has 3 atom stereocenters. The Morgan fingerprint density at radius 2 is 1.84 bits per heavy atom. The molecular formula is C15H17F3O. The molecule has 2 saturated carbocycles. The van der Waals surface area contributed by atoms with Crippen LogP contribution in [-0.2, 0) is 6.18 Å². The molecule has 2 aliphatic carbocycles. The molecule has 1 aromatic carbocycles. The van der Waals surface area contributed by atoms with E-state index < -0.39 is 17.8 Å². The van der Waals surface area contributed by atoms with Crippen molar-refractivity contribution in [1.82, 2.24) is 0 Å². The average Bonchev–Trinajstić information content (AvgIpc) is 2.80. The van der Waals surface area contributed by atoms with Crippen molar-refractivity contribution in [1.29, 1.82) is 0 Å². The molecule has 1 nitrogen and oxygen atoms in total. The van der Waals surface area contributed by atoms with Gasteiger partial charge < -0.3 is 5.11 Å². The summed E-state index contributed by atoms with van der Waals surface area (Å²) in [6, 6.07) is 3.65. The normalized spacial score (nSPS) is 31.1. The van der Waals surface area contributed by atoms with E-state index in [2.05, 4.69) is 0 Å². The molecule has 0 aromatic heterocycles. The van der Waals surface area contributed by atoms with Gasteiger partial charge in [-0.1, -0.05) is 12.5 Å². The van der Waals surface area contributed by atoms with Gasteiger partial charge in [-0.15, -0.1) is 0 Å². The van der Waals surface area contributed by atoms with Crippen LogP contribution in [0.2, 0.25) is 0 Å². The molecule has 2 fully saturated rings. The van der Waals surface area contributed by atoms with Crippen molar-refractivity contribution in [3.63, 3.8) is 0 Å². The van der Waals surface area contributed by atoms with E-state index >= 15 is 0 Å². The van der Waals surface area contributed by atoms with Gasteiger partial charge in [0.2, 0.25) is 0 Å². The third-order valence-electron chi connectivity index (χ3n) is 4.75. The summed E-state index contributed by atoms with van der Waals surface area (Å²) in [5.74, 6) is 1.46. The molecule has 1 aromatic rings. The number of rotatable bonds is 2. The Morgan fingerprint density at radius 1 is 1.21 bits per heavy atom. The van der Waals surface area contributed by atoms with Crippen LogP contribution in [0, 0.1) is 24.7 Å². The highest BCUT2D eigenvalue weighted by molar-refractivity contribution is 5.35. The van der Waals surface area contributed by atoms with Gasteiger partial charge in [0.1, 0.15) is 0 Å². The second-order valence-corrected chi connectivity index (χ2v) is 5.85. The van der Waals surface area contributed by atoms with Crippen LogP contribution >= 0.6 is 0 Å². The standard InChI is InChI=1S/C15H17F3O/c1-8-7-9(15(16,17)18)5-6-10(8)14(19)13-11-3-2-4-12(11)13/h5-7,11-14,19H,2-4H2,1H3. The first kappa shape index (κ1) is 13.0. The van der Waals surface area contributed by atoms with E-state index in [1.165, 1.54) is 12.5 Å². The van der Waals surface area contributed by atoms with Gasteiger partial charge in [0.05, 0.1) is 11.7 Å². The van der Waals surface area contributed by atoms with Crippen LogP contribution in [0.15, 0.2) is 18.2 Å². The van der Waals surface area contributed by atoms with Crippen molar-refractivity contribution in [3.8, 4) is 0 Å². The first-order chi connectivity index (χ1) is 8.89. The van der Waals surface area contributed by atoms with Gasteiger partial charge in [-0.25, -0.2) is 0 Å². The van der Waals surface area contributed by atoms with Crippen molar-refractivity contribution < 1.29 is 18.3 Å². The quantitative estimate of drug-likeness (QED) is 0.858. The Kier molecular flexibility index (Phi) is 2.89. The van der Waals surface area contributed by atoms with Crippen LogP contribution in [-0.4, -0.2) is 5.11 Å². The maximum absolute atomic E-state index is 12.6. The molecule has 3 rings (SSSR count). The number of benzene rings is 1. The van der Waals surface area contributed by atoms with E-state index in [0.717, 1.165) is 25.0 Å². The minimum atomic E-state index is -4.32. The summed E-state index contributed by atoms with van der Waals surface area (Å²) in [6.07, 6.45) is -1.37. The van der Waals surface area contributed by atoms with Crippen LogP contribution in [0.1, 0.15) is 42.1 Å². The van der Waals surface area contributed by atoms with Crippen LogP contribution in [0.4, 0.5) is 13.2 Å². The van der Waals surface area contributed by atoms with E-state index in [-0.39, 0.29) is 5.92 Å². The van der Waals surface area contributed by atoms with Gasteiger partial charge in [0.25, 0.3) is 0 Å². The average molecular weight is 270 g/mol. The van der Waals surface area contributed by atoms with Crippen LogP contribution in [0.25, 0.3) is 0 Å². The summed E-state index contributed by atoms with van der Waals surface area (Å²) in [7, 11) is 0. The maximum atomic E-state index is 12.6. The van der Waals surface area contributed by atoms with E-state index in [1.54, 1.807) is 6.92 Å².